The minimum absolute atomic E-state index is 0.0340. The molecule has 0 aromatic rings. The van der Waals surface area contributed by atoms with E-state index in [0.29, 0.717) is 32.4 Å². The van der Waals surface area contributed by atoms with Crippen molar-refractivity contribution >= 4 is 17.8 Å². The molecule has 0 saturated carbocycles. The zero-order valence-corrected chi connectivity index (χ0v) is 28.7. The summed E-state index contributed by atoms with van der Waals surface area (Å²) in [5.74, 6) is -0.198. The SMILES string of the molecule is CCCCCCCCCCCCCCCCCC(=O)N[C@H](CCCNC(=N)N)C(=O)NCCCCCCCCCCCC. The Morgan fingerprint density at radius 3 is 1.33 bits per heavy atom. The van der Waals surface area contributed by atoms with Crippen LogP contribution >= 0.6 is 0 Å². The zero-order chi connectivity index (χ0) is 31.6. The average molecular weight is 608 g/mol. The molecule has 6 N–H and O–H groups in total. The maximum atomic E-state index is 12.9. The Morgan fingerprint density at radius 2 is 0.907 bits per heavy atom. The highest BCUT2D eigenvalue weighted by Gasteiger charge is 2.20. The third-order valence-corrected chi connectivity index (χ3v) is 8.47. The Balaban J connectivity index is 3.99. The molecule has 7 nitrogen and oxygen atoms in total. The smallest absolute Gasteiger partial charge is 0.242 e. The normalized spacial score (nSPS) is 11.8. The Bertz CT molecular complexity index is 643. The van der Waals surface area contributed by atoms with E-state index in [1.807, 2.05) is 0 Å². The van der Waals surface area contributed by atoms with E-state index in [4.69, 9.17) is 11.1 Å². The summed E-state index contributed by atoms with van der Waals surface area (Å²) in [7, 11) is 0. The standard InChI is InChI=1S/C36H73N5O2/c1-3-5-7-9-11-13-15-16-17-18-19-20-22-24-26-30-34(42)41-33(29-28-32-40-36(37)38)35(43)39-31-27-25-23-21-14-12-10-8-6-4-2/h33H,3-32H2,1-2H3,(H,39,43)(H,41,42)(H4,37,38,40)/t33-/m1/s1. The third-order valence-electron chi connectivity index (χ3n) is 8.47. The van der Waals surface area contributed by atoms with Crippen LogP contribution in [0.4, 0.5) is 0 Å². The topological polar surface area (TPSA) is 120 Å². The summed E-state index contributed by atoms with van der Waals surface area (Å²) in [4.78, 5) is 25.5. The number of nitrogens with one attached hydrogen (secondary N) is 4. The van der Waals surface area contributed by atoms with Crippen LogP contribution in [-0.4, -0.2) is 36.9 Å². The van der Waals surface area contributed by atoms with Crippen molar-refractivity contribution in [2.75, 3.05) is 13.1 Å². The number of nitrogens with two attached hydrogens (primary N) is 1. The van der Waals surface area contributed by atoms with Gasteiger partial charge in [0.2, 0.25) is 11.8 Å². The Kier molecular flexibility index (Phi) is 31.7. The molecule has 0 bridgehead atoms. The summed E-state index contributed by atoms with van der Waals surface area (Å²) in [5, 5.41) is 16.1. The molecule has 0 aliphatic heterocycles. The van der Waals surface area contributed by atoms with Crippen molar-refractivity contribution < 1.29 is 9.59 Å². The van der Waals surface area contributed by atoms with Gasteiger partial charge in [-0.3, -0.25) is 15.0 Å². The third kappa shape index (κ3) is 31.4. The molecule has 0 spiro atoms. The van der Waals surface area contributed by atoms with Gasteiger partial charge in [0.05, 0.1) is 0 Å². The van der Waals surface area contributed by atoms with E-state index >= 15 is 0 Å². The summed E-state index contributed by atoms with van der Waals surface area (Å²) >= 11 is 0. The van der Waals surface area contributed by atoms with Gasteiger partial charge in [-0.2, -0.15) is 0 Å². The predicted molar refractivity (Wildman–Crippen MR) is 185 cm³/mol. The number of carbonyl (C=O) groups is 2. The fraction of sp³-hybridized carbons (Fsp3) is 0.917. The lowest BCUT2D eigenvalue weighted by atomic mass is 10.0. The van der Waals surface area contributed by atoms with Gasteiger partial charge in [-0.1, -0.05) is 162 Å². The molecule has 0 radical (unpaired) electrons. The molecular formula is C36H73N5O2. The van der Waals surface area contributed by atoms with Crippen LogP contribution in [-0.2, 0) is 9.59 Å². The molecule has 7 heteroatoms. The van der Waals surface area contributed by atoms with Crippen LogP contribution in [0.5, 0.6) is 0 Å². The lowest BCUT2D eigenvalue weighted by molar-refractivity contribution is -0.129. The van der Waals surface area contributed by atoms with Crippen LogP contribution in [0.1, 0.15) is 194 Å². The minimum atomic E-state index is -0.527. The molecule has 0 aromatic carbocycles. The molecule has 0 aliphatic rings. The minimum Gasteiger partial charge on any atom is -0.370 e. The summed E-state index contributed by atoms with van der Waals surface area (Å²) in [5.41, 5.74) is 5.37. The van der Waals surface area contributed by atoms with Gasteiger partial charge in [-0.25, -0.2) is 0 Å². The van der Waals surface area contributed by atoms with Crippen LogP contribution in [0.2, 0.25) is 0 Å². The first-order valence-corrected chi connectivity index (χ1v) is 18.7. The van der Waals surface area contributed by atoms with E-state index in [-0.39, 0.29) is 17.8 Å². The number of rotatable bonds is 33. The molecule has 0 fully saturated rings. The maximum Gasteiger partial charge on any atom is 0.242 e. The fourth-order valence-electron chi connectivity index (χ4n) is 5.67. The molecule has 0 saturated heterocycles. The molecule has 0 heterocycles. The first-order valence-electron chi connectivity index (χ1n) is 18.7. The second-order valence-corrected chi connectivity index (χ2v) is 12.8. The average Bonchev–Trinajstić information content (AvgIpc) is 2.99. The molecule has 254 valence electrons. The zero-order valence-electron chi connectivity index (χ0n) is 28.7. The highest BCUT2D eigenvalue weighted by atomic mass is 16.2. The van der Waals surface area contributed by atoms with Crippen LogP contribution in [0.25, 0.3) is 0 Å². The monoisotopic (exact) mass is 608 g/mol. The van der Waals surface area contributed by atoms with Crippen molar-refractivity contribution in [3.8, 4) is 0 Å². The van der Waals surface area contributed by atoms with Crippen molar-refractivity contribution in [3.63, 3.8) is 0 Å². The Morgan fingerprint density at radius 1 is 0.535 bits per heavy atom. The number of hydrogen-bond donors (Lipinski definition) is 5. The van der Waals surface area contributed by atoms with Crippen molar-refractivity contribution in [2.24, 2.45) is 5.73 Å². The molecule has 1 atom stereocenters. The van der Waals surface area contributed by atoms with E-state index in [1.54, 1.807) is 0 Å². The number of unbranched alkanes of at least 4 members (excludes halogenated alkanes) is 23. The van der Waals surface area contributed by atoms with Gasteiger partial charge in [0.1, 0.15) is 6.04 Å². The number of hydrogen-bond acceptors (Lipinski definition) is 3. The van der Waals surface area contributed by atoms with Gasteiger partial charge in [0.25, 0.3) is 0 Å². The van der Waals surface area contributed by atoms with E-state index in [1.165, 1.54) is 135 Å². The van der Waals surface area contributed by atoms with Gasteiger partial charge in [0.15, 0.2) is 5.96 Å². The lowest BCUT2D eigenvalue weighted by Crippen LogP contribution is -2.47. The maximum absolute atomic E-state index is 12.9. The molecule has 0 aromatic heterocycles. The van der Waals surface area contributed by atoms with Crippen molar-refractivity contribution in [2.45, 2.75) is 200 Å². The molecule has 0 rings (SSSR count). The molecule has 2 amide bonds. The molecular weight excluding hydrogens is 534 g/mol. The van der Waals surface area contributed by atoms with E-state index in [0.717, 1.165) is 25.7 Å². The Labute approximate surface area is 267 Å². The molecule has 43 heavy (non-hydrogen) atoms. The number of amides is 2. The fourth-order valence-corrected chi connectivity index (χ4v) is 5.67. The number of guanidine groups is 1. The van der Waals surface area contributed by atoms with Crippen LogP contribution < -0.4 is 21.7 Å². The second kappa shape index (κ2) is 33.1. The van der Waals surface area contributed by atoms with Crippen molar-refractivity contribution in [3.05, 3.63) is 0 Å². The molecule has 0 unspecified atom stereocenters. The van der Waals surface area contributed by atoms with Gasteiger partial charge >= 0.3 is 0 Å². The van der Waals surface area contributed by atoms with Crippen LogP contribution in [0.3, 0.4) is 0 Å². The summed E-state index contributed by atoms with van der Waals surface area (Å²) in [6, 6.07) is -0.527. The highest BCUT2D eigenvalue weighted by Crippen LogP contribution is 2.14. The first-order chi connectivity index (χ1) is 21.0. The summed E-state index contributed by atoms with van der Waals surface area (Å²) in [6.07, 6.45) is 33.9. The van der Waals surface area contributed by atoms with Gasteiger partial charge in [0, 0.05) is 19.5 Å². The van der Waals surface area contributed by atoms with Crippen molar-refractivity contribution in [1.82, 2.24) is 16.0 Å². The molecule has 0 aliphatic carbocycles. The predicted octanol–water partition coefficient (Wildman–Crippen LogP) is 9.03. The quantitative estimate of drug-likeness (QED) is 0.0290. The van der Waals surface area contributed by atoms with Gasteiger partial charge in [-0.15, -0.1) is 0 Å². The van der Waals surface area contributed by atoms with Gasteiger partial charge in [-0.05, 0) is 25.7 Å². The first kappa shape index (κ1) is 41.2. The Hall–Kier alpha value is -1.79. The number of carbonyl (C=O) groups excluding carboxylic acids is 2. The van der Waals surface area contributed by atoms with E-state index in [9.17, 15) is 9.59 Å². The highest BCUT2D eigenvalue weighted by molar-refractivity contribution is 5.87. The lowest BCUT2D eigenvalue weighted by Gasteiger charge is -2.19. The van der Waals surface area contributed by atoms with E-state index in [2.05, 4.69) is 29.8 Å². The van der Waals surface area contributed by atoms with E-state index < -0.39 is 6.04 Å². The second-order valence-electron chi connectivity index (χ2n) is 12.8. The van der Waals surface area contributed by atoms with Crippen LogP contribution in [0.15, 0.2) is 0 Å². The van der Waals surface area contributed by atoms with Crippen molar-refractivity contribution in [1.29, 1.82) is 5.41 Å². The van der Waals surface area contributed by atoms with Gasteiger partial charge < -0.3 is 21.7 Å². The summed E-state index contributed by atoms with van der Waals surface area (Å²) < 4.78 is 0. The summed E-state index contributed by atoms with van der Waals surface area (Å²) in [6.45, 7) is 5.71. The largest absolute Gasteiger partial charge is 0.370 e. The van der Waals surface area contributed by atoms with Crippen LogP contribution in [0, 0.1) is 5.41 Å².